The van der Waals surface area contributed by atoms with Crippen LogP contribution in [-0.2, 0) is 9.53 Å². The van der Waals surface area contributed by atoms with E-state index in [2.05, 4.69) is 4.90 Å². The van der Waals surface area contributed by atoms with Crippen molar-refractivity contribution < 1.29 is 9.53 Å². The second-order valence-corrected chi connectivity index (χ2v) is 5.96. The fraction of sp³-hybridized carbons (Fsp3) is 0.286. The van der Waals surface area contributed by atoms with Crippen LogP contribution >= 0.6 is 12.4 Å². The molecule has 3 rings (SSSR count). The van der Waals surface area contributed by atoms with E-state index in [1.807, 2.05) is 66.7 Å². The lowest BCUT2D eigenvalue weighted by molar-refractivity contribution is -0.114. The summed E-state index contributed by atoms with van der Waals surface area (Å²) in [7, 11) is 0. The second kappa shape index (κ2) is 10.1. The zero-order valence-electron chi connectivity index (χ0n) is 14.3. The molecule has 0 bridgehead atoms. The molecule has 0 atom stereocenters. The largest absolute Gasteiger partial charge is 0.379 e. The lowest BCUT2D eigenvalue weighted by atomic mass is 9.97. The van der Waals surface area contributed by atoms with Crippen molar-refractivity contribution in [3.8, 4) is 0 Å². The van der Waals surface area contributed by atoms with Gasteiger partial charge in [0.15, 0.2) is 5.78 Å². The Kier molecular flexibility index (Phi) is 7.86. The van der Waals surface area contributed by atoms with Gasteiger partial charge in [0.05, 0.1) is 13.2 Å². The molecule has 1 saturated heterocycles. The summed E-state index contributed by atoms with van der Waals surface area (Å²) in [5.74, 6) is 0.191. The molecular formula is C21H24ClNO2. The van der Waals surface area contributed by atoms with Gasteiger partial charge in [0.25, 0.3) is 0 Å². The highest BCUT2D eigenvalue weighted by Crippen LogP contribution is 2.21. The number of Topliss-reactive ketones (excluding diaryl/α,β-unsaturated/α-hetero) is 1. The third kappa shape index (κ3) is 5.82. The van der Waals surface area contributed by atoms with Crippen LogP contribution in [-0.4, -0.2) is 43.5 Å². The van der Waals surface area contributed by atoms with Crippen molar-refractivity contribution in [2.24, 2.45) is 0 Å². The Bertz CT molecular complexity index is 680. The third-order valence-corrected chi connectivity index (χ3v) is 4.25. The molecule has 0 saturated carbocycles. The Morgan fingerprint density at radius 1 is 0.960 bits per heavy atom. The smallest absolute Gasteiger partial charge is 0.164 e. The van der Waals surface area contributed by atoms with Gasteiger partial charge in [-0.25, -0.2) is 0 Å². The van der Waals surface area contributed by atoms with Gasteiger partial charge in [-0.3, -0.25) is 9.69 Å². The number of nitrogens with zero attached hydrogens (tertiary/aromatic N) is 1. The molecule has 0 N–H and O–H groups in total. The molecule has 0 aliphatic carbocycles. The van der Waals surface area contributed by atoms with Gasteiger partial charge in [0, 0.05) is 31.6 Å². The second-order valence-electron chi connectivity index (χ2n) is 5.96. The molecule has 1 aliphatic heterocycles. The van der Waals surface area contributed by atoms with Crippen molar-refractivity contribution in [2.75, 3.05) is 32.8 Å². The fourth-order valence-corrected chi connectivity index (χ4v) is 2.88. The minimum Gasteiger partial charge on any atom is -0.379 e. The van der Waals surface area contributed by atoms with E-state index in [0.717, 1.165) is 49.5 Å². The summed E-state index contributed by atoms with van der Waals surface area (Å²) in [5.41, 5.74) is 2.82. The molecule has 1 heterocycles. The molecule has 2 aromatic carbocycles. The van der Waals surface area contributed by atoms with E-state index >= 15 is 0 Å². The summed E-state index contributed by atoms with van der Waals surface area (Å²) in [6.45, 7) is 4.15. The maximum atomic E-state index is 12.9. The van der Waals surface area contributed by atoms with Gasteiger partial charge in [0.1, 0.15) is 0 Å². The fourth-order valence-electron chi connectivity index (χ4n) is 2.88. The van der Waals surface area contributed by atoms with Gasteiger partial charge in [-0.05, 0) is 17.2 Å². The van der Waals surface area contributed by atoms with Crippen LogP contribution < -0.4 is 0 Å². The summed E-state index contributed by atoms with van der Waals surface area (Å²) < 4.78 is 5.36. The predicted octanol–water partition coefficient (Wildman–Crippen LogP) is 3.94. The zero-order chi connectivity index (χ0) is 16.6. The van der Waals surface area contributed by atoms with Crippen LogP contribution in [0.3, 0.4) is 0 Å². The van der Waals surface area contributed by atoms with Crippen molar-refractivity contribution >= 4 is 29.8 Å². The molecule has 0 aromatic heterocycles. The van der Waals surface area contributed by atoms with Gasteiger partial charge < -0.3 is 4.74 Å². The van der Waals surface area contributed by atoms with Crippen LogP contribution in [0.15, 0.2) is 60.7 Å². The highest BCUT2D eigenvalue weighted by molar-refractivity contribution is 6.25. The zero-order valence-corrected chi connectivity index (χ0v) is 15.1. The van der Waals surface area contributed by atoms with E-state index in [1.165, 1.54) is 0 Å². The van der Waals surface area contributed by atoms with E-state index in [9.17, 15) is 4.79 Å². The maximum absolute atomic E-state index is 12.9. The lowest BCUT2D eigenvalue weighted by Gasteiger charge is -2.26. The number of ketones is 1. The number of carbonyl (C=O) groups excluding carboxylic acids is 1. The van der Waals surface area contributed by atoms with Gasteiger partial charge in [-0.1, -0.05) is 60.7 Å². The van der Waals surface area contributed by atoms with Gasteiger partial charge in [0.2, 0.25) is 0 Å². The van der Waals surface area contributed by atoms with Gasteiger partial charge in [-0.15, -0.1) is 12.4 Å². The average Bonchev–Trinajstić information content (AvgIpc) is 2.66. The standard InChI is InChI=1S/C21H23NO2.ClH/c23-21(11-12-22-13-15-24-16-14-22)20(19-9-5-2-6-10-19)17-18-7-3-1-4-8-18;/h1-10,17H,11-16H2;1H/b20-17+;. The van der Waals surface area contributed by atoms with E-state index in [0.29, 0.717) is 6.42 Å². The first kappa shape index (κ1) is 19.4. The predicted molar refractivity (Wildman–Crippen MR) is 105 cm³/mol. The Morgan fingerprint density at radius 3 is 2.20 bits per heavy atom. The number of hydrogen-bond acceptors (Lipinski definition) is 3. The molecule has 4 heteroatoms. The summed E-state index contributed by atoms with van der Waals surface area (Å²) >= 11 is 0. The Morgan fingerprint density at radius 2 is 1.56 bits per heavy atom. The topological polar surface area (TPSA) is 29.5 Å². The van der Waals surface area contributed by atoms with E-state index < -0.39 is 0 Å². The van der Waals surface area contributed by atoms with Crippen molar-refractivity contribution in [3.05, 3.63) is 71.8 Å². The molecular weight excluding hydrogens is 334 g/mol. The van der Waals surface area contributed by atoms with Gasteiger partial charge >= 0.3 is 0 Å². The number of rotatable bonds is 6. The van der Waals surface area contributed by atoms with Crippen LogP contribution in [0.5, 0.6) is 0 Å². The molecule has 132 valence electrons. The summed E-state index contributed by atoms with van der Waals surface area (Å²) in [6, 6.07) is 20.0. The Hall–Kier alpha value is -1.94. The van der Waals surface area contributed by atoms with Crippen LogP contribution in [0.2, 0.25) is 0 Å². The van der Waals surface area contributed by atoms with Crippen LogP contribution in [0, 0.1) is 0 Å². The average molecular weight is 358 g/mol. The molecule has 2 aromatic rings. The van der Waals surface area contributed by atoms with Crippen molar-refractivity contribution in [1.29, 1.82) is 0 Å². The molecule has 1 aliphatic rings. The minimum atomic E-state index is 0. The summed E-state index contributed by atoms with van der Waals surface area (Å²) in [6.07, 6.45) is 2.53. The van der Waals surface area contributed by atoms with Crippen LogP contribution in [0.1, 0.15) is 17.5 Å². The first-order chi connectivity index (χ1) is 11.8. The number of benzene rings is 2. The van der Waals surface area contributed by atoms with E-state index in [4.69, 9.17) is 4.74 Å². The van der Waals surface area contributed by atoms with Gasteiger partial charge in [-0.2, -0.15) is 0 Å². The molecule has 0 amide bonds. The van der Waals surface area contributed by atoms with Crippen molar-refractivity contribution in [1.82, 2.24) is 4.90 Å². The lowest BCUT2D eigenvalue weighted by Crippen LogP contribution is -2.37. The number of hydrogen-bond donors (Lipinski definition) is 0. The number of ether oxygens (including phenoxy) is 1. The number of allylic oxidation sites excluding steroid dienone is 1. The molecule has 0 unspecified atom stereocenters. The number of morpholine rings is 1. The maximum Gasteiger partial charge on any atom is 0.164 e. The van der Waals surface area contributed by atoms with Crippen molar-refractivity contribution in [3.63, 3.8) is 0 Å². The molecule has 25 heavy (non-hydrogen) atoms. The van der Waals surface area contributed by atoms with E-state index in [1.54, 1.807) is 0 Å². The Labute approximate surface area is 155 Å². The Balaban J connectivity index is 0.00000225. The first-order valence-electron chi connectivity index (χ1n) is 8.48. The highest BCUT2D eigenvalue weighted by atomic mass is 35.5. The first-order valence-corrected chi connectivity index (χ1v) is 8.48. The SMILES string of the molecule is Cl.O=C(CCN1CCOCC1)/C(=C/c1ccccc1)c1ccccc1. The van der Waals surface area contributed by atoms with Crippen LogP contribution in [0.4, 0.5) is 0 Å². The van der Waals surface area contributed by atoms with Crippen molar-refractivity contribution in [2.45, 2.75) is 6.42 Å². The quantitative estimate of drug-likeness (QED) is 0.579. The minimum absolute atomic E-state index is 0. The molecule has 0 radical (unpaired) electrons. The third-order valence-electron chi connectivity index (χ3n) is 4.25. The monoisotopic (exact) mass is 357 g/mol. The number of carbonyl (C=O) groups is 1. The summed E-state index contributed by atoms with van der Waals surface area (Å²) in [4.78, 5) is 15.2. The summed E-state index contributed by atoms with van der Waals surface area (Å²) in [5, 5.41) is 0. The molecule has 0 spiro atoms. The molecule has 3 nitrogen and oxygen atoms in total. The van der Waals surface area contributed by atoms with E-state index in [-0.39, 0.29) is 18.2 Å². The highest BCUT2D eigenvalue weighted by Gasteiger charge is 2.15. The normalized spacial score (nSPS) is 15.4. The van der Waals surface area contributed by atoms with Crippen LogP contribution in [0.25, 0.3) is 11.6 Å². The molecule has 1 fully saturated rings. The number of halogens is 1.